The van der Waals surface area contributed by atoms with Gasteiger partial charge in [-0.3, -0.25) is 0 Å². The van der Waals surface area contributed by atoms with Gasteiger partial charge < -0.3 is 5.32 Å². The minimum absolute atomic E-state index is 0.0283. The molecule has 1 N–H and O–H groups in total. The highest BCUT2D eigenvalue weighted by molar-refractivity contribution is 5.19. The molecule has 1 aromatic carbocycles. The lowest BCUT2D eigenvalue weighted by molar-refractivity contribution is 0.320. The van der Waals surface area contributed by atoms with Crippen molar-refractivity contribution in [3.05, 3.63) is 35.4 Å². The molecule has 0 atom stereocenters. The third kappa shape index (κ3) is 4.05. The van der Waals surface area contributed by atoms with E-state index in [4.69, 9.17) is 0 Å². The summed E-state index contributed by atoms with van der Waals surface area (Å²) in [6.07, 6.45) is 4.21. The van der Waals surface area contributed by atoms with E-state index in [1.165, 1.54) is 18.9 Å². The van der Waals surface area contributed by atoms with Crippen molar-refractivity contribution in [2.75, 3.05) is 6.54 Å². The van der Waals surface area contributed by atoms with Crippen molar-refractivity contribution in [1.29, 1.82) is 0 Å². The molecule has 0 saturated heterocycles. The van der Waals surface area contributed by atoms with E-state index >= 15 is 0 Å². The molecule has 0 radical (unpaired) electrons. The Morgan fingerprint density at radius 2 is 2.00 bits per heavy atom. The maximum atomic E-state index is 13.6. The molecule has 0 unspecified atom stereocenters. The fourth-order valence-electron chi connectivity index (χ4n) is 2.17. The predicted molar refractivity (Wildman–Crippen MR) is 69.5 cm³/mol. The molecule has 0 bridgehead atoms. The van der Waals surface area contributed by atoms with Crippen molar-refractivity contribution in [1.82, 2.24) is 5.32 Å². The van der Waals surface area contributed by atoms with Crippen LogP contribution in [0.25, 0.3) is 0 Å². The van der Waals surface area contributed by atoms with Gasteiger partial charge in [0.1, 0.15) is 11.6 Å². The van der Waals surface area contributed by atoms with Crippen LogP contribution in [0.1, 0.15) is 38.7 Å². The van der Waals surface area contributed by atoms with Crippen molar-refractivity contribution in [3.8, 4) is 0 Å². The molecule has 0 spiro atoms. The van der Waals surface area contributed by atoms with E-state index in [1.54, 1.807) is 6.07 Å². The second-order valence-corrected chi connectivity index (χ2v) is 6.06. The van der Waals surface area contributed by atoms with Gasteiger partial charge >= 0.3 is 0 Å². The van der Waals surface area contributed by atoms with E-state index in [9.17, 15) is 8.78 Å². The van der Waals surface area contributed by atoms with Gasteiger partial charge in [-0.1, -0.05) is 19.9 Å². The summed E-state index contributed by atoms with van der Waals surface area (Å²) in [7, 11) is 0. The molecule has 1 fully saturated rings. The van der Waals surface area contributed by atoms with Gasteiger partial charge in [-0.15, -0.1) is 0 Å². The normalized spacial score (nSPS) is 16.0. The molecular weight excluding hydrogens is 232 g/mol. The fraction of sp³-hybridized carbons (Fsp3) is 0.600. The largest absolute Gasteiger partial charge is 0.314 e. The quantitative estimate of drug-likeness (QED) is 0.815. The lowest BCUT2D eigenvalue weighted by Gasteiger charge is -2.25. The molecule has 0 aliphatic heterocycles. The smallest absolute Gasteiger partial charge is 0.129 e. The lowest BCUT2D eigenvalue weighted by Crippen LogP contribution is -2.25. The molecule has 18 heavy (non-hydrogen) atoms. The van der Waals surface area contributed by atoms with Crippen molar-refractivity contribution in [2.45, 2.75) is 45.6 Å². The minimum Gasteiger partial charge on any atom is -0.314 e. The Bertz CT molecular complexity index is 411. The first-order valence-electron chi connectivity index (χ1n) is 6.64. The van der Waals surface area contributed by atoms with Crippen LogP contribution in [-0.4, -0.2) is 12.6 Å². The molecular formula is C15H21F2N. The van der Waals surface area contributed by atoms with Crippen LogP contribution in [0.15, 0.2) is 18.2 Å². The molecule has 100 valence electrons. The van der Waals surface area contributed by atoms with Crippen molar-refractivity contribution < 1.29 is 8.78 Å². The highest BCUT2D eigenvalue weighted by Crippen LogP contribution is 2.28. The SMILES string of the molecule is CC(C)(CCNC1CC1)Cc1ccc(F)cc1F. The maximum absolute atomic E-state index is 13.6. The van der Waals surface area contributed by atoms with Gasteiger partial charge in [-0.05, 0) is 49.3 Å². The zero-order valence-corrected chi connectivity index (χ0v) is 11.1. The Labute approximate surface area is 108 Å². The van der Waals surface area contributed by atoms with Crippen molar-refractivity contribution >= 4 is 0 Å². The molecule has 0 amide bonds. The summed E-state index contributed by atoms with van der Waals surface area (Å²) in [5.74, 6) is -0.942. The van der Waals surface area contributed by atoms with Crippen LogP contribution in [0, 0.1) is 17.0 Å². The summed E-state index contributed by atoms with van der Waals surface area (Å²) in [6.45, 7) is 5.23. The van der Waals surface area contributed by atoms with E-state index in [0.717, 1.165) is 19.0 Å². The van der Waals surface area contributed by atoms with E-state index in [0.29, 0.717) is 18.0 Å². The van der Waals surface area contributed by atoms with Gasteiger partial charge in [0.15, 0.2) is 0 Å². The number of nitrogens with one attached hydrogen (secondary N) is 1. The van der Waals surface area contributed by atoms with E-state index < -0.39 is 11.6 Å². The number of benzene rings is 1. The maximum Gasteiger partial charge on any atom is 0.129 e. The van der Waals surface area contributed by atoms with Crippen LogP contribution in [0.4, 0.5) is 8.78 Å². The molecule has 0 heterocycles. The Morgan fingerprint density at radius 3 is 2.61 bits per heavy atom. The molecule has 1 aliphatic rings. The topological polar surface area (TPSA) is 12.0 Å². The van der Waals surface area contributed by atoms with Crippen LogP contribution < -0.4 is 5.32 Å². The fourth-order valence-corrected chi connectivity index (χ4v) is 2.17. The van der Waals surface area contributed by atoms with Crippen LogP contribution in [0.2, 0.25) is 0 Å². The highest BCUT2D eigenvalue weighted by Gasteiger charge is 2.23. The van der Waals surface area contributed by atoms with Gasteiger partial charge in [0.25, 0.3) is 0 Å². The molecule has 1 aromatic rings. The monoisotopic (exact) mass is 253 g/mol. The van der Waals surface area contributed by atoms with Gasteiger partial charge in [-0.2, -0.15) is 0 Å². The number of halogens is 2. The van der Waals surface area contributed by atoms with E-state index in [2.05, 4.69) is 19.2 Å². The molecule has 2 rings (SSSR count). The van der Waals surface area contributed by atoms with Crippen molar-refractivity contribution in [2.24, 2.45) is 5.41 Å². The summed E-state index contributed by atoms with van der Waals surface area (Å²) in [6, 6.07) is 4.56. The first-order valence-corrected chi connectivity index (χ1v) is 6.64. The lowest BCUT2D eigenvalue weighted by atomic mass is 9.82. The summed E-state index contributed by atoms with van der Waals surface area (Å²) in [5, 5.41) is 3.47. The summed E-state index contributed by atoms with van der Waals surface area (Å²) in [5.41, 5.74) is 0.633. The van der Waals surface area contributed by atoms with Gasteiger partial charge in [0.05, 0.1) is 0 Å². The third-order valence-corrected chi connectivity index (χ3v) is 3.50. The Morgan fingerprint density at radius 1 is 1.28 bits per heavy atom. The van der Waals surface area contributed by atoms with Crippen LogP contribution in [0.3, 0.4) is 0 Å². The number of hydrogen-bond acceptors (Lipinski definition) is 1. The molecule has 3 heteroatoms. The Kier molecular flexibility index (Phi) is 4.00. The number of hydrogen-bond donors (Lipinski definition) is 1. The average Bonchev–Trinajstić information content (AvgIpc) is 3.06. The number of rotatable bonds is 6. The summed E-state index contributed by atoms with van der Waals surface area (Å²) < 4.78 is 26.4. The zero-order chi connectivity index (χ0) is 13.2. The third-order valence-electron chi connectivity index (χ3n) is 3.50. The molecule has 1 saturated carbocycles. The Balaban J connectivity index is 1.88. The zero-order valence-electron chi connectivity index (χ0n) is 11.1. The van der Waals surface area contributed by atoms with Gasteiger partial charge in [0, 0.05) is 12.1 Å². The second-order valence-electron chi connectivity index (χ2n) is 6.06. The van der Waals surface area contributed by atoms with Crippen LogP contribution >= 0.6 is 0 Å². The van der Waals surface area contributed by atoms with Gasteiger partial charge in [-0.25, -0.2) is 8.78 Å². The molecule has 1 aliphatic carbocycles. The summed E-state index contributed by atoms with van der Waals surface area (Å²) in [4.78, 5) is 0. The minimum atomic E-state index is -0.510. The van der Waals surface area contributed by atoms with Crippen LogP contribution in [0.5, 0.6) is 0 Å². The summed E-state index contributed by atoms with van der Waals surface area (Å²) >= 11 is 0. The Hall–Kier alpha value is -0.960. The molecule has 1 nitrogen and oxygen atoms in total. The molecule has 0 aromatic heterocycles. The van der Waals surface area contributed by atoms with Crippen LogP contribution in [-0.2, 0) is 6.42 Å². The van der Waals surface area contributed by atoms with Crippen molar-refractivity contribution in [3.63, 3.8) is 0 Å². The highest BCUT2D eigenvalue weighted by atomic mass is 19.1. The second kappa shape index (κ2) is 5.35. The standard InChI is InChI=1S/C15H21F2N/c1-15(2,7-8-18-13-5-6-13)10-11-3-4-12(16)9-14(11)17/h3-4,9,13,18H,5-8,10H2,1-2H3. The van der Waals surface area contributed by atoms with E-state index in [-0.39, 0.29) is 5.41 Å². The average molecular weight is 253 g/mol. The van der Waals surface area contributed by atoms with E-state index in [1.807, 2.05) is 0 Å². The first kappa shape index (κ1) is 13.5. The van der Waals surface area contributed by atoms with Gasteiger partial charge in [0.2, 0.25) is 0 Å². The predicted octanol–water partition coefficient (Wildman–Crippen LogP) is 3.68. The first-order chi connectivity index (χ1) is 8.46.